The van der Waals surface area contributed by atoms with E-state index in [9.17, 15) is 5.11 Å². The molecule has 0 saturated carbocycles. The Kier molecular flexibility index (Phi) is 7.30. The molecule has 1 saturated heterocycles. The van der Waals surface area contributed by atoms with Crippen LogP contribution in [0.4, 0.5) is 0 Å². The van der Waals surface area contributed by atoms with Gasteiger partial charge in [0.1, 0.15) is 12.4 Å². The van der Waals surface area contributed by atoms with Crippen LogP contribution in [0.3, 0.4) is 0 Å². The number of ether oxygens (including phenoxy) is 1. The van der Waals surface area contributed by atoms with E-state index >= 15 is 0 Å². The summed E-state index contributed by atoms with van der Waals surface area (Å²) in [7, 11) is 0. The normalized spacial score (nSPS) is 20.1. The molecule has 1 fully saturated rings. The highest BCUT2D eigenvalue weighted by Gasteiger charge is 2.28. The van der Waals surface area contributed by atoms with Gasteiger partial charge in [0.05, 0.1) is 6.61 Å². The second-order valence-corrected chi connectivity index (χ2v) is 6.45. The number of rotatable bonds is 8. The van der Waals surface area contributed by atoms with E-state index in [0.717, 1.165) is 38.3 Å². The zero-order chi connectivity index (χ0) is 16.7. The highest BCUT2D eigenvalue weighted by molar-refractivity contribution is 5.28. The van der Waals surface area contributed by atoms with E-state index in [1.807, 2.05) is 18.2 Å². The molecule has 0 radical (unpaired) electrons. The molecule has 1 aliphatic rings. The van der Waals surface area contributed by atoms with Gasteiger partial charge < -0.3 is 14.9 Å². The third kappa shape index (κ3) is 5.46. The van der Waals surface area contributed by atoms with Crippen LogP contribution in [-0.4, -0.2) is 71.6 Å². The summed E-state index contributed by atoms with van der Waals surface area (Å²) >= 11 is 0. The molecule has 1 aromatic carbocycles. The third-order valence-electron chi connectivity index (χ3n) is 4.40. The van der Waals surface area contributed by atoms with Crippen molar-refractivity contribution in [2.75, 3.05) is 39.5 Å². The van der Waals surface area contributed by atoms with E-state index in [0.29, 0.717) is 18.7 Å². The SMILES string of the molecule is CC(C)N1CCN(Cc2cccc(OCCO)c2)C[C@@H]1CCO. The Bertz CT molecular complexity index is 467. The predicted octanol–water partition coefficient (Wildman–Crippen LogP) is 1.33. The molecule has 0 amide bonds. The van der Waals surface area contributed by atoms with Crippen molar-refractivity contribution in [2.45, 2.75) is 38.9 Å². The number of aliphatic hydroxyl groups excluding tert-OH is 2. The summed E-state index contributed by atoms with van der Waals surface area (Å²) in [5.41, 5.74) is 1.22. The van der Waals surface area contributed by atoms with Crippen molar-refractivity contribution in [1.29, 1.82) is 0 Å². The molecule has 0 bridgehead atoms. The largest absolute Gasteiger partial charge is 0.491 e. The minimum Gasteiger partial charge on any atom is -0.491 e. The maximum absolute atomic E-state index is 9.33. The standard InChI is InChI=1S/C18H30N2O3/c1-15(2)20-8-7-19(14-17(20)6-9-21)13-16-4-3-5-18(12-16)23-11-10-22/h3-5,12,15,17,21-22H,6-11,13-14H2,1-2H3/t17-/m0/s1. The van der Waals surface area contributed by atoms with Gasteiger partial charge in [-0.15, -0.1) is 0 Å². The van der Waals surface area contributed by atoms with Crippen LogP contribution < -0.4 is 4.74 Å². The van der Waals surface area contributed by atoms with E-state index < -0.39 is 0 Å². The van der Waals surface area contributed by atoms with Crippen molar-refractivity contribution in [3.63, 3.8) is 0 Å². The van der Waals surface area contributed by atoms with E-state index in [1.54, 1.807) is 0 Å². The zero-order valence-electron chi connectivity index (χ0n) is 14.3. The van der Waals surface area contributed by atoms with Crippen LogP contribution in [0.15, 0.2) is 24.3 Å². The number of piperazine rings is 1. The first kappa shape index (κ1) is 18.2. The fourth-order valence-electron chi connectivity index (χ4n) is 3.32. The minimum absolute atomic E-state index is 0.0320. The molecule has 1 aliphatic heterocycles. The van der Waals surface area contributed by atoms with Crippen molar-refractivity contribution in [3.05, 3.63) is 29.8 Å². The summed E-state index contributed by atoms with van der Waals surface area (Å²) in [6.07, 6.45) is 0.828. The van der Waals surface area contributed by atoms with Gasteiger partial charge in [-0.05, 0) is 38.0 Å². The van der Waals surface area contributed by atoms with Gasteiger partial charge in [-0.3, -0.25) is 9.80 Å². The van der Waals surface area contributed by atoms with Gasteiger partial charge >= 0.3 is 0 Å². The quantitative estimate of drug-likeness (QED) is 0.756. The summed E-state index contributed by atoms with van der Waals surface area (Å²) in [6.45, 7) is 9.02. The Labute approximate surface area is 139 Å². The number of benzene rings is 1. The van der Waals surface area contributed by atoms with Crippen molar-refractivity contribution < 1.29 is 14.9 Å². The summed E-state index contributed by atoms with van der Waals surface area (Å²) in [6, 6.07) is 9.02. The van der Waals surface area contributed by atoms with Gasteiger partial charge in [-0.1, -0.05) is 12.1 Å². The number of hydrogen-bond donors (Lipinski definition) is 2. The Balaban J connectivity index is 1.95. The molecule has 2 rings (SSSR count). The lowest BCUT2D eigenvalue weighted by Crippen LogP contribution is -2.55. The van der Waals surface area contributed by atoms with Crippen LogP contribution in [0.5, 0.6) is 5.75 Å². The van der Waals surface area contributed by atoms with Crippen molar-refractivity contribution in [1.82, 2.24) is 9.80 Å². The lowest BCUT2D eigenvalue weighted by atomic mass is 10.1. The Morgan fingerprint density at radius 3 is 2.74 bits per heavy atom. The maximum Gasteiger partial charge on any atom is 0.119 e. The highest BCUT2D eigenvalue weighted by atomic mass is 16.5. The summed E-state index contributed by atoms with van der Waals surface area (Å²) < 4.78 is 5.48. The lowest BCUT2D eigenvalue weighted by Gasteiger charge is -2.43. The van der Waals surface area contributed by atoms with E-state index in [1.165, 1.54) is 5.56 Å². The van der Waals surface area contributed by atoms with Gasteiger partial charge in [-0.25, -0.2) is 0 Å². The number of hydrogen-bond acceptors (Lipinski definition) is 5. The van der Waals surface area contributed by atoms with Crippen molar-refractivity contribution in [2.24, 2.45) is 0 Å². The fourth-order valence-corrected chi connectivity index (χ4v) is 3.32. The second kappa shape index (κ2) is 9.23. The molecule has 2 N–H and O–H groups in total. The average molecular weight is 322 g/mol. The predicted molar refractivity (Wildman–Crippen MR) is 91.6 cm³/mol. The molecule has 0 unspecified atom stereocenters. The molecule has 130 valence electrons. The molecular formula is C18H30N2O3. The van der Waals surface area contributed by atoms with Gasteiger partial charge in [0, 0.05) is 44.9 Å². The first-order valence-corrected chi connectivity index (χ1v) is 8.55. The smallest absolute Gasteiger partial charge is 0.119 e. The van der Waals surface area contributed by atoms with Gasteiger partial charge in [0.25, 0.3) is 0 Å². The van der Waals surface area contributed by atoms with Gasteiger partial charge in [0.2, 0.25) is 0 Å². The van der Waals surface area contributed by atoms with Crippen LogP contribution in [0.25, 0.3) is 0 Å². The van der Waals surface area contributed by atoms with Crippen LogP contribution in [-0.2, 0) is 6.54 Å². The van der Waals surface area contributed by atoms with Crippen LogP contribution in [0, 0.1) is 0 Å². The van der Waals surface area contributed by atoms with Crippen LogP contribution in [0.1, 0.15) is 25.8 Å². The van der Waals surface area contributed by atoms with Crippen molar-refractivity contribution in [3.8, 4) is 5.75 Å². The first-order valence-electron chi connectivity index (χ1n) is 8.55. The lowest BCUT2D eigenvalue weighted by molar-refractivity contribution is 0.0349. The van der Waals surface area contributed by atoms with E-state index in [4.69, 9.17) is 9.84 Å². The summed E-state index contributed by atoms with van der Waals surface area (Å²) in [4.78, 5) is 4.94. The third-order valence-corrected chi connectivity index (χ3v) is 4.40. The molecule has 1 heterocycles. The van der Waals surface area contributed by atoms with E-state index in [2.05, 4.69) is 29.7 Å². The fraction of sp³-hybridized carbons (Fsp3) is 0.667. The Morgan fingerprint density at radius 2 is 2.04 bits per heavy atom. The van der Waals surface area contributed by atoms with E-state index in [-0.39, 0.29) is 13.2 Å². The maximum atomic E-state index is 9.33. The molecule has 1 atom stereocenters. The summed E-state index contributed by atoms with van der Waals surface area (Å²) in [5.74, 6) is 0.810. The Morgan fingerprint density at radius 1 is 1.22 bits per heavy atom. The number of nitrogens with zero attached hydrogens (tertiary/aromatic N) is 2. The first-order chi connectivity index (χ1) is 11.1. The molecular weight excluding hydrogens is 292 g/mol. The summed E-state index contributed by atoms with van der Waals surface area (Å²) in [5, 5.41) is 18.2. The molecule has 1 aromatic rings. The van der Waals surface area contributed by atoms with Gasteiger partial charge in [-0.2, -0.15) is 0 Å². The number of aliphatic hydroxyl groups is 2. The molecule has 0 aliphatic carbocycles. The monoisotopic (exact) mass is 322 g/mol. The molecule has 5 heteroatoms. The molecule has 5 nitrogen and oxygen atoms in total. The topological polar surface area (TPSA) is 56.2 Å². The molecule has 0 spiro atoms. The van der Waals surface area contributed by atoms with Crippen molar-refractivity contribution >= 4 is 0 Å². The zero-order valence-corrected chi connectivity index (χ0v) is 14.3. The molecule has 23 heavy (non-hydrogen) atoms. The van der Waals surface area contributed by atoms with Crippen LogP contribution in [0.2, 0.25) is 0 Å². The molecule has 0 aromatic heterocycles. The average Bonchev–Trinajstić information content (AvgIpc) is 2.53. The minimum atomic E-state index is 0.0320. The highest BCUT2D eigenvalue weighted by Crippen LogP contribution is 2.20. The Hall–Kier alpha value is -1.14. The second-order valence-electron chi connectivity index (χ2n) is 6.45. The van der Waals surface area contributed by atoms with Gasteiger partial charge in [0.15, 0.2) is 0 Å². The van der Waals surface area contributed by atoms with Crippen LogP contribution >= 0.6 is 0 Å².